The number of hydrogen-bond donors (Lipinski definition) is 2. The molecule has 2 N–H and O–H groups in total. The first-order valence-electron chi connectivity index (χ1n) is 5.78. The minimum Gasteiger partial charge on any atom is -0.481 e. The van der Waals surface area contributed by atoms with Gasteiger partial charge < -0.3 is 14.8 Å². The molecule has 0 radical (unpaired) electrons. The van der Waals surface area contributed by atoms with Gasteiger partial charge in [-0.3, -0.25) is 9.59 Å². The molecule has 6 heteroatoms. The average Bonchev–Trinajstić information content (AvgIpc) is 2.73. The van der Waals surface area contributed by atoms with Gasteiger partial charge in [-0.25, -0.2) is 4.98 Å². The van der Waals surface area contributed by atoms with E-state index in [1.807, 2.05) is 0 Å². The second-order valence-electron chi connectivity index (χ2n) is 4.46. The molecule has 18 heavy (non-hydrogen) atoms. The zero-order chi connectivity index (χ0) is 13.9. The van der Waals surface area contributed by atoms with E-state index < -0.39 is 17.8 Å². The maximum Gasteiger partial charge on any atom is 0.307 e. The molecule has 3 unspecified atom stereocenters. The van der Waals surface area contributed by atoms with Crippen molar-refractivity contribution < 1.29 is 19.1 Å². The number of carbonyl (C=O) groups excluding carboxylic acids is 1. The summed E-state index contributed by atoms with van der Waals surface area (Å²) in [7, 11) is 0. The molecule has 1 aromatic heterocycles. The molecular weight excluding hydrogens is 236 g/mol. The molecule has 0 saturated heterocycles. The third kappa shape index (κ3) is 3.32. The number of nitrogens with zero attached hydrogens (tertiary/aromatic N) is 1. The minimum atomic E-state index is -0.989. The molecule has 1 amide bonds. The number of carboxylic acids is 1. The second kappa shape index (κ2) is 5.66. The Kier molecular flexibility index (Phi) is 4.47. The van der Waals surface area contributed by atoms with Crippen LogP contribution in [0.5, 0.6) is 0 Å². The quantitative estimate of drug-likeness (QED) is 0.831. The summed E-state index contributed by atoms with van der Waals surface area (Å²) in [6.07, 6.45) is 1.57. The molecule has 0 fully saturated rings. The van der Waals surface area contributed by atoms with Crippen LogP contribution in [-0.2, 0) is 9.59 Å². The van der Waals surface area contributed by atoms with Crippen molar-refractivity contribution in [2.45, 2.75) is 33.7 Å². The summed E-state index contributed by atoms with van der Waals surface area (Å²) in [5.41, 5.74) is 0. The van der Waals surface area contributed by atoms with Gasteiger partial charge in [0, 0.05) is 5.92 Å². The van der Waals surface area contributed by atoms with E-state index in [1.54, 1.807) is 27.0 Å². The normalized spacial score (nSPS) is 15.8. The van der Waals surface area contributed by atoms with Gasteiger partial charge in [0.1, 0.15) is 11.8 Å². The number of aromatic nitrogens is 1. The SMILES string of the molecule is Cc1cnc(C(C)NC(=O)C(C)C(C)C(=O)O)o1. The molecule has 1 aromatic rings. The standard InChI is InChI=1S/C12H18N2O4/c1-6-5-13-11(18-6)9(4)14-10(15)7(2)8(3)12(16)17/h5,7-9H,1-4H3,(H,14,15)(H,16,17). The van der Waals surface area contributed by atoms with E-state index in [0.717, 1.165) is 0 Å². The fourth-order valence-electron chi connectivity index (χ4n) is 1.42. The van der Waals surface area contributed by atoms with Crippen LogP contribution in [0.2, 0.25) is 0 Å². The molecule has 6 nitrogen and oxygen atoms in total. The van der Waals surface area contributed by atoms with Crippen molar-refractivity contribution >= 4 is 11.9 Å². The third-order valence-corrected chi connectivity index (χ3v) is 2.92. The Balaban J connectivity index is 2.62. The van der Waals surface area contributed by atoms with Crippen molar-refractivity contribution in [3.05, 3.63) is 17.8 Å². The van der Waals surface area contributed by atoms with Crippen molar-refractivity contribution in [3.8, 4) is 0 Å². The van der Waals surface area contributed by atoms with Gasteiger partial charge in [0.05, 0.1) is 12.1 Å². The molecule has 1 heterocycles. The Bertz CT molecular complexity index is 441. The van der Waals surface area contributed by atoms with E-state index in [-0.39, 0.29) is 11.9 Å². The van der Waals surface area contributed by atoms with Crippen LogP contribution in [0.1, 0.15) is 38.5 Å². The zero-order valence-electron chi connectivity index (χ0n) is 10.9. The molecule has 0 saturated carbocycles. The Labute approximate surface area is 105 Å². The molecule has 0 aliphatic rings. The highest BCUT2D eigenvalue weighted by Gasteiger charge is 2.27. The molecular formula is C12H18N2O4. The van der Waals surface area contributed by atoms with E-state index in [4.69, 9.17) is 9.52 Å². The van der Waals surface area contributed by atoms with Crippen LogP contribution in [0.25, 0.3) is 0 Å². The smallest absolute Gasteiger partial charge is 0.307 e. The summed E-state index contributed by atoms with van der Waals surface area (Å²) in [5, 5.41) is 11.5. The molecule has 1 rings (SSSR count). The van der Waals surface area contributed by atoms with E-state index >= 15 is 0 Å². The van der Waals surface area contributed by atoms with Gasteiger partial charge in [-0.15, -0.1) is 0 Å². The number of oxazole rings is 1. The summed E-state index contributed by atoms with van der Waals surface area (Å²) in [4.78, 5) is 26.6. The fraction of sp³-hybridized carbons (Fsp3) is 0.583. The summed E-state index contributed by atoms with van der Waals surface area (Å²) in [6, 6.07) is -0.380. The van der Waals surface area contributed by atoms with E-state index in [1.165, 1.54) is 6.92 Å². The highest BCUT2D eigenvalue weighted by molar-refractivity contribution is 5.84. The topological polar surface area (TPSA) is 92.4 Å². The van der Waals surface area contributed by atoms with Crippen molar-refractivity contribution in [1.29, 1.82) is 0 Å². The number of aliphatic carboxylic acids is 1. The highest BCUT2D eigenvalue weighted by Crippen LogP contribution is 2.16. The first-order valence-corrected chi connectivity index (χ1v) is 5.78. The molecule has 0 aromatic carbocycles. The molecule has 0 bridgehead atoms. The van der Waals surface area contributed by atoms with Gasteiger partial charge >= 0.3 is 5.97 Å². The van der Waals surface area contributed by atoms with Gasteiger partial charge in [0.15, 0.2) is 0 Å². The third-order valence-electron chi connectivity index (χ3n) is 2.92. The van der Waals surface area contributed by atoms with Crippen LogP contribution in [0.3, 0.4) is 0 Å². The summed E-state index contributed by atoms with van der Waals surface area (Å²) >= 11 is 0. The lowest BCUT2D eigenvalue weighted by Crippen LogP contribution is -2.36. The monoisotopic (exact) mass is 254 g/mol. The Hall–Kier alpha value is -1.85. The predicted molar refractivity (Wildman–Crippen MR) is 63.8 cm³/mol. The Morgan fingerprint density at radius 2 is 1.94 bits per heavy atom. The first kappa shape index (κ1) is 14.2. The summed E-state index contributed by atoms with van der Waals surface area (Å²) in [6.45, 7) is 6.59. The summed E-state index contributed by atoms with van der Waals surface area (Å²) < 4.78 is 5.29. The van der Waals surface area contributed by atoms with Crippen LogP contribution >= 0.6 is 0 Å². The molecule has 3 atom stereocenters. The lowest BCUT2D eigenvalue weighted by molar-refractivity contribution is -0.146. The average molecular weight is 254 g/mol. The first-order chi connectivity index (χ1) is 8.32. The maximum absolute atomic E-state index is 11.8. The van der Waals surface area contributed by atoms with Gasteiger partial charge in [-0.05, 0) is 13.8 Å². The zero-order valence-corrected chi connectivity index (χ0v) is 10.9. The van der Waals surface area contributed by atoms with Gasteiger partial charge in [-0.1, -0.05) is 13.8 Å². The van der Waals surface area contributed by atoms with Crippen molar-refractivity contribution in [2.75, 3.05) is 0 Å². The number of amides is 1. The van der Waals surface area contributed by atoms with E-state index in [2.05, 4.69) is 10.3 Å². The number of carbonyl (C=O) groups is 2. The van der Waals surface area contributed by atoms with Crippen LogP contribution in [0, 0.1) is 18.8 Å². The van der Waals surface area contributed by atoms with Gasteiger partial charge in [-0.2, -0.15) is 0 Å². The van der Waals surface area contributed by atoms with E-state index in [0.29, 0.717) is 11.7 Å². The lowest BCUT2D eigenvalue weighted by atomic mass is 9.95. The fourth-order valence-corrected chi connectivity index (χ4v) is 1.42. The van der Waals surface area contributed by atoms with Crippen molar-refractivity contribution in [2.24, 2.45) is 11.8 Å². The number of aryl methyl sites for hydroxylation is 1. The Morgan fingerprint density at radius 3 is 2.39 bits per heavy atom. The Morgan fingerprint density at radius 1 is 1.33 bits per heavy atom. The molecule has 0 aliphatic heterocycles. The minimum absolute atomic E-state index is 0.326. The van der Waals surface area contributed by atoms with Crippen LogP contribution in [0.4, 0.5) is 0 Å². The van der Waals surface area contributed by atoms with Crippen molar-refractivity contribution in [3.63, 3.8) is 0 Å². The van der Waals surface area contributed by atoms with Crippen LogP contribution < -0.4 is 5.32 Å². The maximum atomic E-state index is 11.8. The van der Waals surface area contributed by atoms with Gasteiger partial charge in [0.2, 0.25) is 11.8 Å². The second-order valence-corrected chi connectivity index (χ2v) is 4.46. The molecule has 0 aliphatic carbocycles. The number of hydrogen-bond acceptors (Lipinski definition) is 4. The number of carboxylic acid groups (broad SMARTS) is 1. The lowest BCUT2D eigenvalue weighted by Gasteiger charge is -2.18. The number of nitrogens with one attached hydrogen (secondary N) is 1. The van der Waals surface area contributed by atoms with Gasteiger partial charge in [0.25, 0.3) is 0 Å². The van der Waals surface area contributed by atoms with E-state index in [9.17, 15) is 9.59 Å². The highest BCUT2D eigenvalue weighted by atomic mass is 16.4. The predicted octanol–water partition coefficient (Wildman–Crippen LogP) is 1.52. The van der Waals surface area contributed by atoms with Crippen molar-refractivity contribution in [1.82, 2.24) is 10.3 Å². The largest absolute Gasteiger partial charge is 0.481 e. The molecule has 0 spiro atoms. The van der Waals surface area contributed by atoms with Crippen LogP contribution in [-0.4, -0.2) is 22.0 Å². The van der Waals surface area contributed by atoms with Crippen LogP contribution in [0.15, 0.2) is 10.6 Å². The summed E-state index contributed by atoms with van der Waals surface area (Å²) in [5.74, 6) is -1.58. The molecule has 100 valence electrons. The number of rotatable bonds is 5.